The molecule has 0 bridgehead atoms. The predicted molar refractivity (Wildman–Crippen MR) is 204 cm³/mol. The number of hydrogen-bond acceptors (Lipinski definition) is 10. The van der Waals surface area contributed by atoms with E-state index in [9.17, 15) is 18.0 Å². The van der Waals surface area contributed by atoms with Crippen LogP contribution >= 0.6 is 0 Å². The first-order valence-electron chi connectivity index (χ1n) is 19.4. The van der Waals surface area contributed by atoms with Gasteiger partial charge in [0, 0.05) is 12.2 Å². The molecule has 0 aliphatic rings. The molecule has 0 fully saturated rings. The van der Waals surface area contributed by atoms with Crippen LogP contribution in [0.25, 0.3) is 0 Å². The van der Waals surface area contributed by atoms with Crippen molar-refractivity contribution >= 4 is 22.3 Å². The number of hydrogen-bond donors (Lipinski definition) is 1. The van der Waals surface area contributed by atoms with Crippen molar-refractivity contribution in [2.45, 2.75) is 137 Å². The Balaban J connectivity index is 2.84. The summed E-state index contributed by atoms with van der Waals surface area (Å²) in [5.74, 6) is -0.292. The first-order valence-corrected chi connectivity index (χ1v) is 20.8. The zero-order valence-corrected chi connectivity index (χ0v) is 33.5. The molecular formula is C40H68O11S. The van der Waals surface area contributed by atoms with E-state index in [0.29, 0.717) is 31.8 Å². The second-order valence-corrected chi connectivity index (χ2v) is 15.0. The van der Waals surface area contributed by atoms with Gasteiger partial charge in [0.25, 0.3) is 0 Å². The van der Waals surface area contributed by atoms with Crippen LogP contribution in [0.3, 0.4) is 0 Å². The molecule has 1 aromatic rings. The van der Waals surface area contributed by atoms with E-state index in [1.165, 1.54) is 44.1 Å². The third-order valence-electron chi connectivity index (χ3n) is 8.92. The summed E-state index contributed by atoms with van der Waals surface area (Å²) in [6.07, 6.45) is 13.7. The van der Waals surface area contributed by atoms with Crippen molar-refractivity contribution in [2.24, 2.45) is 11.3 Å². The fraction of sp³-hybridized carbons (Fsp3) is 0.750. The average molecular weight is 757 g/mol. The fourth-order valence-corrected chi connectivity index (χ4v) is 5.99. The molecule has 0 heterocycles. The summed E-state index contributed by atoms with van der Waals surface area (Å²) in [4.78, 5) is 26.0. The lowest BCUT2D eigenvalue weighted by Gasteiger charge is -2.31. The molecule has 0 radical (unpaired) electrons. The van der Waals surface area contributed by atoms with Gasteiger partial charge in [-0.05, 0) is 69.1 Å². The summed E-state index contributed by atoms with van der Waals surface area (Å²) in [7, 11) is -4.60. The van der Waals surface area contributed by atoms with Gasteiger partial charge in [0.1, 0.15) is 18.5 Å². The number of aryl methyl sites for hydroxylation is 1. The molecule has 0 aliphatic heterocycles. The van der Waals surface area contributed by atoms with E-state index in [1.54, 1.807) is 6.92 Å². The number of unbranched alkanes of at least 4 members (excludes halogenated alkanes) is 8. The third-order valence-corrected chi connectivity index (χ3v) is 9.38. The number of carbonyl (C=O) groups is 2. The van der Waals surface area contributed by atoms with E-state index in [1.807, 2.05) is 32.9 Å². The SMILES string of the molecule is C=C(CC(C)(CC(CC)COCC(COc1ccc(CCCCCCCCC)cc1)OCCOS(=O)(=O)O)C(=O)OCCCC)C(=O)OCCCC. The Morgan fingerprint density at radius 2 is 1.40 bits per heavy atom. The minimum Gasteiger partial charge on any atom is -0.491 e. The summed E-state index contributed by atoms with van der Waals surface area (Å²) >= 11 is 0. The number of carbonyl (C=O) groups excluding carboxylic acids is 2. The van der Waals surface area contributed by atoms with Crippen LogP contribution in [-0.4, -0.2) is 77.3 Å². The molecule has 12 heteroatoms. The highest BCUT2D eigenvalue weighted by molar-refractivity contribution is 7.80. The van der Waals surface area contributed by atoms with E-state index in [2.05, 4.69) is 29.8 Å². The van der Waals surface area contributed by atoms with Crippen molar-refractivity contribution in [2.75, 3.05) is 46.2 Å². The third kappa shape index (κ3) is 22.5. The second-order valence-electron chi connectivity index (χ2n) is 13.9. The van der Waals surface area contributed by atoms with Crippen LogP contribution in [0, 0.1) is 11.3 Å². The Bertz CT molecular complexity index is 1220. The number of esters is 2. The number of benzene rings is 1. The molecule has 300 valence electrons. The van der Waals surface area contributed by atoms with Crippen LogP contribution in [-0.2, 0) is 49.5 Å². The van der Waals surface area contributed by atoms with Crippen LogP contribution in [0.5, 0.6) is 5.75 Å². The van der Waals surface area contributed by atoms with Crippen molar-refractivity contribution in [3.63, 3.8) is 0 Å². The van der Waals surface area contributed by atoms with Gasteiger partial charge in [-0.1, -0.05) is 104 Å². The molecule has 3 atom stereocenters. The average Bonchev–Trinajstić information content (AvgIpc) is 3.11. The standard InChI is InChI=1S/C40H68O11S/c1-7-11-14-15-16-17-18-19-35-20-22-36(23-21-35)50-32-37(47-26-27-51-52(43,44)45)31-46-30-34(10-4)29-40(6,39(42)49-25-13-9-3)28-33(5)38(41)48-24-12-8-2/h20-23,34,37H,5,7-19,24-32H2,1-4,6H3,(H,43,44,45). The van der Waals surface area contributed by atoms with Gasteiger partial charge in [0.15, 0.2) is 0 Å². The highest BCUT2D eigenvalue weighted by Gasteiger charge is 2.39. The molecule has 3 unspecified atom stereocenters. The van der Waals surface area contributed by atoms with E-state index < -0.39 is 27.9 Å². The molecular weight excluding hydrogens is 688 g/mol. The van der Waals surface area contributed by atoms with Gasteiger partial charge in [-0.15, -0.1) is 0 Å². The van der Waals surface area contributed by atoms with Crippen molar-refractivity contribution in [1.29, 1.82) is 0 Å². The summed E-state index contributed by atoms with van der Waals surface area (Å²) in [6, 6.07) is 7.98. The van der Waals surface area contributed by atoms with Crippen LogP contribution in [0.1, 0.15) is 130 Å². The second kappa shape index (κ2) is 28.0. The monoisotopic (exact) mass is 756 g/mol. The minimum absolute atomic E-state index is 0.0686. The van der Waals surface area contributed by atoms with Gasteiger partial charge in [-0.3, -0.25) is 9.35 Å². The number of ether oxygens (including phenoxy) is 5. The molecule has 0 aliphatic carbocycles. The predicted octanol–water partition coefficient (Wildman–Crippen LogP) is 8.64. The highest BCUT2D eigenvalue weighted by Crippen LogP contribution is 2.36. The molecule has 1 N–H and O–H groups in total. The van der Waals surface area contributed by atoms with Gasteiger partial charge in [-0.25, -0.2) is 8.98 Å². The first-order chi connectivity index (χ1) is 24.9. The molecule has 0 spiro atoms. The largest absolute Gasteiger partial charge is 0.491 e. The normalized spacial score (nSPS) is 14.0. The molecule has 0 saturated heterocycles. The smallest absolute Gasteiger partial charge is 0.397 e. The quantitative estimate of drug-likeness (QED) is 0.0319. The molecule has 0 amide bonds. The zero-order valence-electron chi connectivity index (χ0n) is 32.7. The molecule has 11 nitrogen and oxygen atoms in total. The van der Waals surface area contributed by atoms with Crippen molar-refractivity contribution in [1.82, 2.24) is 0 Å². The number of rotatable bonds is 33. The molecule has 0 aromatic heterocycles. The van der Waals surface area contributed by atoms with Gasteiger partial charge in [0.2, 0.25) is 0 Å². The Hall–Kier alpha value is -2.51. The lowest BCUT2D eigenvalue weighted by molar-refractivity contribution is -0.157. The lowest BCUT2D eigenvalue weighted by atomic mass is 9.75. The van der Waals surface area contributed by atoms with Crippen LogP contribution in [0.15, 0.2) is 36.4 Å². The van der Waals surface area contributed by atoms with Crippen molar-refractivity contribution in [3.05, 3.63) is 42.0 Å². The van der Waals surface area contributed by atoms with Crippen LogP contribution in [0.2, 0.25) is 0 Å². The molecule has 1 aromatic carbocycles. The van der Waals surface area contributed by atoms with Crippen LogP contribution < -0.4 is 4.74 Å². The molecule has 0 saturated carbocycles. The topological polar surface area (TPSA) is 144 Å². The van der Waals surface area contributed by atoms with Gasteiger partial charge < -0.3 is 23.7 Å². The first kappa shape index (κ1) is 47.5. The molecule has 52 heavy (non-hydrogen) atoms. The lowest BCUT2D eigenvalue weighted by Crippen LogP contribution is -2.35. The maximum Gasteiger partial charge on any atom is 0.397 e. The highest BCUT2D eigenvalue weighted by atomic mass is 32.3. The van der Waals surface area contributed by atoms with E-state index in [4.69, 9.17) is 28.2 Å². The van der Waals surface area contributed by atoms with E-state index in [-0.39, 0.29) is 56.9 Å². The van der Waals surface area contributed by atoms with E-state index >= 15 is 0 Å². The maximum atomic E-state index is 13.4. The Morgan fingerprint density at radius 1 is 0.788 bits per heavy atom. The van der Waals surface area contributed by atoms with E-state index in [0.717, 1.165) is 38.5 Å². The Kier molecular flexibility index (Phi) is 25.6. The summed E-state index contributed by atoms with van der Waals surface area (Å²) in [6.45, 7) is 14.6. The molecule has 1 rings (SSSR count). The Morgan fingerprint density at radius 3 is 2.02 bits per heavy atom. The minimum atomic E-state index is -4.60. The summed E-state index contributed by atoms with van der Waals surface area (Å²) < 4.78 is 64.2. The summed E-state index contributed by atoms with van der Waals surface area (Å²) in [5, 5.41) is 0. The van der Waals surface area contributed by atoms with Crippen LogP contribution in [0.4, 0.5) is 0 Å². The summed E-state index contributed by atoms with van der Waals surface area (Å²) in [5.41, 5.74) is 0.458. The van der Waals surface area contributed by atoms with Gasteiger partial charge in [-0.2, -0.15) is 8.42 Å². The fourth-order valence-electron chi connectivity index (χ4n) is 5.72. The zero-order chi connectivity index (χ0) is 38.7. The van der Waals surface area contributed by atoms with Crippen molar-refractivity contribution in [3.8, 4) is 5.75 Å². The Labute approximate surface area is 314 Å². The maximum absolute atomic E-state index is 13.4. The van der Waals surface area contributed by atoms with Crippen molar-refractivity contribution < 1.29 is 50.4 Å². The van der Waals surface area contributed by atoms with Gasteiger partial charge in [0.05, 0.1) is 38.4 Å². The van der Waals surface area contributed by atoms with Gasteiger partial charge >= 0.3 is 22.3 Å².